The molecule has 0 saturated heterocycles. The van der Waals surface area contributed by atoms with Gasteiger partial charge in [-0.1, -0.05) is 6.07 Å². The van der Waals surface area contributed by atoms with E-state index in [9.17, 15) is 39.9 Å². The SMILES string of the molecule is Cn1ccnc1C(=O)NC(c1ccc(OC(F)(F)F)c(F)c1)c1ncccc1F.O=C(O)C(F)(F)F. The van der Waals surface area contributed by atoms with Crippen LogP contribution >= 0.6 is 0 Å². The molecule has 0 fully saturated rings. The van der Waals surface area contributed by atoms with Crippen molar-refractivity contribution in [2.24, 2.45) is 7.05 Å². The van der Waals surface area contributed by atoms with Gasteiger partial charge in [-0.2, -0.15) is 13.2 Å². The minimum Gasteiger partial charge on any atom is -0.475 e. The molecule has 2 aromatic heterocycles. The first kappa shape index (κ1) is 28.0. The Bertz CT molecular complexity index is 1230. The number of carboxylic acid groups (broad SMARTS) is 1. The highest BCUT2D eigenvalue weighted by Crippen LogP contribution is 2.30. The topological polar surface area (TPSA) is 106 Å². The Morgan fingerprint density at radius 3 is 2.14 bits per heavy atom. The van der Waals surface area contributed by atoms with Crippen LogP contribution in [0.3, 0.4) is 0 Å². The number of hydrogen-bond donors (Lipinski definition) is 2. The average molecular weight is 526 g/mol. The number of aliphatic carboxylic acids is 1. The number of nitrogens with zero attached hydrogens (tertiary/aromatic N) is 3. The van der Waals surface area contributed by atoms with E-state index in [-0.39, 0.29) is 17.1 Å². The van der Waals surface area contributed by atoms with Gasteiger partial charge in [0.1, 0.15) is 11.5 Å². The van der Waals surface area contributed by atoms with E-state index < -0.39 is 47.8 Å². The number of carbonyl (C=O) groups excluding carboxylic acids is 1. The second-order valence-electron chi connectivity index (χ2n) is 6.68. The van der Waals surface area contributed by atoms with Crippen LogP contribution in [0.15, 0.2) is 48.9 Å². The van der Waals surface area contributed by atoms with E-state index in [0.717, 1.165) is 18.2 Å². The standard InChI is InChI=1S/C18H13F5N4O2.C2HF3O2/c1-27-8-7-25-16(27)17(28)26-14(15-11(19)3-2-6-24-15)10-4-5-13(12(20)9-10)29-18(21,22)23;3-2(4,5)1(6)7/h2-9,14H,1H3,(H,26,28);(H,6,7). The third-order valence-electron chi connectivity index (χ3n) is 4.12. The zero-order valence-corrected chi connectivity index (χ0v) is 17.7. The first-order valence-electron chi connectivity index (χ1n) is 9.34. The highest BCUT2D eigenvalue weighted by Gasteiger charge is 2.38. The molecule has 8 nitrogen and oxygen atoms in total. The van der Waals surface area contributed by atoms with E-state index >= 15 is 0 Å². The minimum absolute atomic E-state index is 0.0103. The largest absolute Gasteiger partial charge is 0.573 e. The highest BCUT2D eigenvalue weighted by atomic mass is 19.4. The van der Waals surface area contributed by atoms with Crippen molar-refractivity contribution in [2.45, 2.75) is 18.6 Å². The molecule has 0 spiro atoms. The van der Waals surface area contributed by atoms with Gasteiger partial charge in [-0.25, -0.2) is 18.6 Å². The Morgan fingerprint density at radius 1 is 1.03 bits per heavy atom. The van der Waals surface area contributed by atoms with Crippen LogP contribution in [0.4, 0.5) is 35.1 Å². The van der Waals surface area contributed by atoms with Crippen LogP contribution in [0.5, 0.6) is 5.75 Å². The number of pyridine rings is 1. The van der Waals surface area contributed by atoms with E-state index in [1.54, 1.807) is 7.05 Å². The van der Waals surface area contributed by atoms with Gasteiger partial charge in [-0.15, -0.1) is 13.2 Å². The van der Waals surface area contributed by atoms with Crippen LogP contribution in [0, 0.1) is 11.6 Å². The summed E-state index contributed by atoms with van der Waals surface area (Å²) in [6.07, 6.45) is -6.03. The molecule has 1 amide bonds. The number of carboxylic acids is 1. The molecular weight excluding hydrogens is 512 g/mol. The Hall–Kier alpha value is -4.24. The van der Waals surface area contributed by atoms with E-state index in [1.807, 2.05) is 0 Å². The number of nitrogens with one attached hydrogen (secondary N) is 1. The maximum atomic E-state index is 14.3. The normalized spacial score (nSPS) is 12.2. The van der Waals surface area contributed by atoms with Crippen molar-refractivity contribution in [3.63, 3.8) is 0 Å². The van der Waals surface area contributed by atoms with Crippen molar-refractivity contribution in [2.75, 3.05) is 0 Å². The van der Waals surface area contributed by atoms with Crippen LogP contribution in [-0.4, -0.2) is 44.1 Å². The number of rotatable bonds is 5. The number of alkyl halides is 6. The van der Waals surface area contributed by atoms with Gasteiger partial charge in [0.2, 0.25) is 0 Å². The van der Waals surface area contributed by atoms with Crippen LogP contribution in [0.1, 0.15) is 27.9 Å². The first-order valence-corrected chi connectivity index (χ1v) is 9.34. The molecule has 1 aromatic carbocycles. The quantitative estimate of drug-likeness (QED) is 0.484. The molecule has 1 unspecified atom stereocenters. The molecule has 0 aliphatic heterocycles. The fourth-order valence-electron chi connectivity index (χ4n) is 2.60. The monoisotopic (exact) mass is 526 g/mol. The lowest BCUT2D eigenvalue weighted by Crippen LogP contribution is -2.32. The summed E-state index contributed by atoms with van der Waals surface area (Å²) in [7, 11) is 1.56. The van der Waals surface area contributed by atoms with E-state index in [0.29, 0.717) is 6.07 Å². The number of ether oxygens (including phenoxy) is 1. The van der Waals surface area contributed by atoms with E-state index in [2.05, 4.69) is 20.0 Å². The van der Waals surface area contributed by atoms with Crippen LogP contribution in [0.2, 0.25) is 0 Å². The molecule has 1 atom stereocenters. The molecule has 194 valence electrons. The number of amides is 1. The molecule has 0 aliphatic rings. The van der Waals surface area contributed by atoms with E-state index in [1.165, 1.54) is 29.2 Å². The molecule has 36 heavy (non-hydrogen) atoms. The van der Waals surface area contributed by atoms with Gasteiger partial charge >= 0.3 is 18.5 Å². The van der Waals surface area contributed by atoms with Gasteiger partial charge < -0.3 is 19.7 Å². The maximum Gasteiger partial charge on any atom is 0.573 e. The fourth-order valence-corrected chi connectivity index (χ4v) is 2.60. The smallest absolute Gasteiger partial charge is 0.475 e. The number of imidazole rings is 1. The molecule has 3 rings (SSSR count). The molecule has 3 aromatic rings. The third kappa shape index (κ3) is 7.64. The van der Waals surface area contributed by atoms with Gasteiger partial charge in [0.05, 0.1) is 6.04 Å². The summed E-state index contributed by atoms with van der Waals surface area (Å²) in [6.45, 7) is 0. The first-order chi connectivity index (χ1) is 16.6. The Balaban J connectivity index is 0.000000572. The third-order valence-corrected chi connectivity index (χ3v) is 4.12. The van der Waals surface area contributed by atoms with Crippen LogP contribution in [-0.2, 0) is 11.8 Å². The summed E-state index contributed by atoms with van der Waals surface area (Å²) >= 11 is 0. The second kappa shape index (κ2) is 11.0. The summed E-state index contributed by atoms with van der Waals surface area (Å²) in [5, 5.41) is 9.60. The second-order valence-corrected chi connectivity index (χ2v) is 6.68. The van der Waals surface area contributed by atoms with Crippen LogP contribution < -0.4 is 10.1 Å². The molecule has 2 N–H and O–H groups in total. The summed E-state index contributed by atoms with van der Waals surface area (Å²) in [6, 6.07) is 3.62. The number of aryl methyl sites for hydroxylation is 1. The number of carbonyl (C=O) groups is 2. The van der Waals surface area contributed by atoms with Crippen molar-refractivity contribution >= 4 is 11.9 Å². The lowest BCUT2D eigenvalue weighted by atomic mass is 10.0. The lowest BCUT2D eigenvalue weighted by molar-refractivity contribution is -0.275. The predicted octanol–water partition coefficient (Wildman–Crippen LogP) is 4.14. The maximum absolute atomic E-state index is 14.3. The molecule has 16 heteroatoms. The lowest BCUT2D eigenvalue weighted by Gasteiger charge is -2.20. The highest BCUT2D eigenvalue weighted by molar-refractivity contribution is 5.91. The van der Waals surface area contributed by atoms with Gasteiger partial charge in [0.25, 0.3) is 5.91 Å². The molecule has 2 heterocycles. The Labute approximate surface area is 196 Å². The molecule has 0 aliphatic carbocycles. The van der Waals surface area contributed by atoms with E-state index in [4.69, 9.17) is 9.90 Å². The Kier molecular flexibility index (Phi) is 8.56. The number of benzene rings is 1. The zero-order valence-electron chi connectivity index (χ0n) is 17.7. The number of hydrogen-bond acceptors (Lipinski definition) is 5. The summed E-state index contributed by atoms with van der Waals surface area (Å²) < 4.78 is 102. The summed E-state index contributed by atoms with van der Waals surface area (Å²) in [4.78, 5) is 29.2. The molecule has 0 saturated carbocycles. The Morgan fingerprint density at radius 2 is 1.67 bits per heavy atom. The molecule has 0 radical (unpaired) electrons. The molecular formula is C20H14F8N4O4. The molecule has 0 bridgehead atoms. The van der Waals surface area contributed by atoms with Gasteiger partial charge in [-0.3, -0.25) is 9.78 Å². The predicted molar refractivity (Wildman–Crippen MR) is 103 cm³/mol. The van der Waals surface area contributed by atoms with Gasteiger partial charge in [-0.05, 0) is 29.8 Å². The van der Waals surface area contributed by atoms with Crippen molar-refractivity contribution in [1.29, 1.82) is 0 Å². The number of aromatic nitrogens is 3. The van der Waals surface area contributed by atoms with Gasteiger partial charge in [0.15, 0.2) is 17.4 Å². The van der Waals surface area contributed by atoms with Crippen molar-refractivity contribution in [3.05, 3.63) is 77.6 Å². The number of halogens is 8. The van der Waals surface area contributed by atoms with Crippen molar-refractivity contribution < 1.29 is 54.6 Å². The zero-order chi connectivity index (χ0) is 27.3. The average Bonchev–Trinajstić information content (AvgIpc) is 3.19. The summed E-state index contributed by atoms with van der Waals surface area (Å²) in [5.41, 5.74) is -0.295. The minimum atomic E-state index is -5.08. The van der Waals surface area contributed by atoms with Crippen LogP contribution in [0.25, 0.3) is 0 Å². The van der Waals surface area contributed by atoms with Crippen molar-refractivity contribution in [3.8, 4) is 5.75 Å². The summed E-state index contributed by atoms with van der Waals surface area (Å²) in [5.74, 6) is -6.68. The van der Waals surface area contributed by atoms with Gasteiger partial charge in [0, 0.05) is 25.6 Å². The fraction of sp³-hybridized carbons (Fsp3) is 0.200. The van der Waals surface area contributed by atoms with Crippen molar-refractivity contribution in [1.82, 2.24) is 19.9 Å².